The van der Waals surface area contributed by atoms with Crippen LogP contribution in [0.1, 0.15) is 16.7 Å². The molecule has 2 aromatic rings. The SMILES string of the molecule is O=C(Cc1ccccc1)NN=Cc1ccccc1C(F)(F)F. The van der Waals surface area contributed by atoms with E-state index in [0.717, 1.165) is 17.8 Å². The average Bonchev–Trinajstić information content (AvgIpc) is 2.48. The maximum absolute atomic E-state index is 12.8. The quantitative estimate of drug-likeness (QED) is 0.682. The van der Waals surface area contributed by atoms with Crippen LogP contribution in [-0.2, 0) is 17.4 Å². The number of nitrogens with one attached hydrogen (secondary N) is 1. The second-order valence-corrected chi connectivity index (χ2v) is 4.54. The van der Waals surface area contributed by atoms with E-state index in [-0.39, 0.29) is 12.0 Å². The molecular weight excluding hydrogens is 293 g/mol. The van der Waals surface area contributed by atoms with Crippen LogP contribution in [-0.4, -0.2) is 12.1 Å². The van der Waals surface area contributed by atoms with E-state index in [1.54, 1.807) is 24.3 Å². The summed E-state index contributed by atoms with van der Waals surface area (Å²) in [6.07, 6.45) is -3.36. The lowest BCUT2D eigenvalue weighted by atomic mass is 10.1. The summed E-state index contributed by atoms with van der Waals surface area (Å²) in [5.41, 5.74) is 2.12. The summed E-state index contributed by atoms with van der Waals surface area (Å²) in [7, 11) is 0. The van der Waals surface area contributed by atoms with Crippen LogP contribution in [0.3, 0.4) is 0 Å². The molecule has 0 saturated heterocycles. The monoisotopic (exact) mass is 306 g/mol. The van der Waals surface area contributed by atoms with Gasteiger partial charge in [0.1, 0.15) is 0 Å². The molecular formula is C16H13F3N2O. The van der Waals surface area contributed by atoms with Gasteiger partial charge in [-0.05, 0) is 11.6 Å². The van der Waals surface area contributed by atoms with E-state index in [1.165, 1.54) is 18.2 Å². The Morgan fingerprint density at radius 1 is 1.05 bits per heavy atom. The number of carbonyl (C=O) groups is 1. The molecule has 0 unspecified atom stereocenters. The highest BCUT2D eigenvalue weighted by molar-refractivity contribution is 5.84. The first-order valence-corrected chi connectivity index (χ1v) is 6.49. The van der Waals surface area contributed by atoms with Crippen molar-refractivity contribution in [1.82, 2.24) is 5.43 Å². The Morgan fingerprint density at radius 2 is 1.68 bits per heavy atom. The number of benzene rings is 2. The van der Waals surface area contributed by atoms with E-state index in [1.807, 2.05) is 6.07 Å². The summed E-state index contributed by atoms with van der Waals surface area (Å²) in [4.78, 5) is 11.6. The summed E-state index contributed by atoms with van der Waals surface area (Å²) < 4.78 is 38.3. The molecule has 0 saturated carbocycles. The Hall–Kier alpha value is -2.63. The summed E-state index contributed by atoms with van der Waals surface area (Å²) in [5, 5.41) is 3.59. The zero-order valence-electron chi connectivity index (χ0n) is 11.5. The summed E-state index contributed by atoms with van der Waals surface area (Å²) in [6.45, 7) is 0. The van der Waals surface area contributed by atoms with Gasteiger partial charge in [-0.3, -0.25) is 4.79 Å². The minimum atomic E-state index is -4.46. The number of carbonyl (C=O) groups excluding carboxylic acids is 1. The fraction of sp³-hybridized carbons (Fsp3) is 0.125. The Balaban J connectivity index is 2.00. The number of hydrogen-bond acceptors (Lipinski definition) is 2. The van der Waals surface area contributed by atoms with Crippen molar-refractivity contribution >= 4 is 12.1 Å². The molecule has 22 heavy (non-hydrogen) atoms. The predicted octanol–water partition coefficient (Wildman–Crippen LogP) is 3.40. The van der Waals surface area contributed by atoms with Crippen molar-refractivity contribution in [2.45, 2.75) is 12.6 Å². The smallest absolute Gasteiger partial charge is 0.273 e. The molecule has 1 N–H and O–H groups in total. The molecule has 0 bridgehead atoms. The number of halogens is 3. The zero-order valence-corrected chi connectivity index (χ0v) is 11.5. The van der Waals surface area contributed by atoms with Crippen LogP contribution in [0.25, 0.3) is 0 Å². The molecule has 0 radical (unpaired) electrons. The van der Waals surface area contributed by atoms with Gasteiger partial charge in [0.2, 0.25) is 5.91 Å². The third-order valence-corrected chi connectivity index (χ3v) is 2.87. The predicted molar refractivity (Wildman–Crippen MR) is 77.3 cm³/mol. The highest BCUT2D eigenvalue weighted by Crippen LogP contribution is 2.30. The van der Waals surface area contributed by atoms with E-state index in [4.69, 9.17) is 0 Å². The van der Waals surface area contributed by atoms with Gasteiger partial charge in [0.05, 0.1) is 18.2 Å². The van der Waals surface area contributed by atoms with Crippen LogP contribution >= 0.6 is 0 Å². The second kappa shape index (κ2) is 6.89. The Kier molecular flexibility index (Phi) is 4.93. The van der Waals surface area contributed by atoms with Gasteiger partial charge in [0.25, 0.3) is 0 Å². The van der Waals surface area contributed by atoms with Gasteiger partial charge in [0, 0.05) is 5.56 Å². The van der Waals surface area contributed by atoms with E-state index in [2.05, 4.69) is 10.5 Å². The Morgan fingerprint density at radius 3 is 2.36 bits per heavy atom. The summed E-state index contributed by atoms with van der Waals surface area (Å²) in [6, 6.07) is 14.0. The third kappa shape index (κ3) is 4.44. The Bertz CT molecular complexity index is 667. The number of amides is 1. The highest BCUT2D eigenvalue weighted by Gasteiger charge is 2.32. The van der Waals surface area contributed by atoms with E-state index in [9.17, 15) is 18.0 Å². The number of nitrogens with zero attached hydrogens (tertiary/aromatic N) is 1. The Labute approximate surface area is 125 Å². The van der Waals surface area contributed by atoms with Gasteiger partial charge in [0.15, 0.2) is 0 Å². The molecule has 6 heteroatoms. The van der Waals surface area contributed by atoms with Crippen molar-refractivity contribution in [3.8, 4) is 0 Å². The fourth-order valence-corrected chi connectivity index (χ4v) is 1.86. The van der Waals surface area contributed by atoms with Crippen molar-refractivity contribution in [3.05, 3.63) is 71.3 Å². The average molecular weight is 306 g/mol. The van der Waals surface area contributed by atoms with Crippen LogP contribution in [0.5, 0.6) is 0 Å². The standard InChI is InChI=1S/C16H13F3N2O/c17-16(18,19)14-9-5-4-8-13(14)11-20-21-15(22)10-12-6-2-1-3-7-12/h1-9,11H,10H2,(H,21,22). The van der Waals surface area contributed by atoms with Crippen molar-refractivity contribution < 1.29 is 18.0 Å². The third-order valence-electron chi connectivity index (χ3n) is 2.87. The fourth-order valence-electron chi connectivity index (χ4n) is 1.86. The maximum atomic E-state index is 12.8. The van der Waals surface area contributed by atoms with Gasteiger partial charge in [-0.1, -0.05) is 48.5 Å². The molecule has 0 atom stereocenters. The molecule has 2 aromatic carbocycles. The first-order valence-electron chi connectivity index (χ1n) is 6.49. The largest absolute Gasteiger partial charge is 0.417 e. The van der Waals surface area contributed by atoms with Gasteiger partial charge in [-0.15, -0.1) is 0 Å². The molecule has 0 fully saturated rings. The highest BCUT2D eigenvalue weighted by atomic mass is 19.4. The van der Waals surface area contributed by atoms with Gasteiger partial charge in [-0.2, -0.15) is 18.3 Å². The molecule has 0 aliphatic rings. The minimum Gasteiger partial charge on any atom is -0.273 e. The molecule has 3 nitrogen and oxygen atoms in total. The molecule has 2 rings (SSSR count). The van der Waals surface area contributed by atoms with E-state index in [0.29, 0.717) is 0 Å². The number of alkyl halides is 3. The molecule has 1 amide bonds. The van der Waals surface area contributed by atoms with E-state index >= 15 is 0 Å². The van der Waals surface area contributed by atoms with Gasteiger partial charge < -0.3 is 0 Å². The van der Waals surface area contributed by atoms with E-state index < -0.39 is 17.6 Å². The van der Waals surface area contributed by atoms with Crippen molar-refractivity contribution in [3.63, 3.8) is 0 Å². The summed E-state index contributed by atoms with van der Waals surface area (Å²) >= 11 is 0. The molecule has 0 spiro atoms. The maximum Gasteiger partial charge on any atom is 0.417 e. The number of hydrogen-bond donors (Lipinski definition) is 1. The van der Waals surface area contributed by atoms with Gasteiger partial charge >= 0.3 is 6.18 Å². The number of hydrazone groups is 1. The number of rotatable bonds is 4. The topological polar surface area (TPSA) is 41.5 Å². The van der Waals surface area contributed by atoms with Crippen LogP contribution in [0.15, 0.2) is 59.7 Å². The van der Waals surface area contributed by atoms with Crippen LogP contribution in [0, 0.1) is 0 Å². The molecule has 114 valence electrons. The zero-order chi connectivity index (χ0) is 16.0. The molecule has 0 heterocycles. The van der Waals surface area contributed by atoms with Crippen molar-refractivity contribution in [2.75, 3.05) is 0 Å². The molecule has 0 aliphatic heterocycles. The molecule has 0 aromatic heterocycles. The van der Waals surface area contributed by atoms with Gasteiger partial charge in [-0.25, -0.2) is 5.43 Å². The van der Waals surface area contributed by atoms with Crippen LogP contribution in [0.2, 0.25) is 0 Å². The van der Waals surface area contributed by atoms with Crippen molar-refractivity contribution in [1.29, 1.82) is 0 Å². The van der Waals surface area contributed by atoms with Crippen LogP contribution in [0.4, 0.5) is 13.2 Å². The second-order valence-electron chi connectivity index (χ2n) is 4.54. The van der Waals surface area contributed by atoms with Crippen molar-refractivity contribution in [2.24, 2.45) is 5.10 Å². The lowest BCUT2D eigenvalue weighted by Crippen LogP contribution is -2.20. The lowest BCUT2D eigenvalue weighted by molar-refractivity contribution is -0.137. The first kappa shape index (κ1) is 15.8. The summed E-state index contributed by atoms with van der Waals surface area (Å²) in [5.74, 6) is -0.396. The van der Waals surface area contributed by atoms with Crippen LogP contribution < -0.4 is 5.43 Å². The molecule has 0 aliphatic carbocycles. The minimum absolute atomic E-state index is 0.102. The first-order chi connectivity index (χ1) is 10.5. The lowest BCUT2D eigenvalue weighted by Gasteiger charge is -2.09. The normalized spacial score (nSPS) is 11.6.